The molecule has 21 heavy (non-hydrogen) atoms. The highest BCUT2D eigenvalue weighted by molar-refractivity contribution is 6.32. The highest BCUT2D eigenvalue weighted by atomic mass is 35.5. The van der Waals surface area contributed by atoms with Gasteiger partial charge in [-0.1, -0.05) is 30.7 Å². The summed E-state index contributed by atoms with van der Waals surface area (Å²) in [7, 11) is 1.61. The van der Waals surface area contributed by atoms with E-state index < -0.39 is 0 Å². The summed E-state index contributed by atoms with van der Waals surface area (Å²) in [5.74, 6) is 1.58. The normalized spacial score (nSPS) is 10.2. The lowest BCUT2D eigenvalue weighted by Gasteiger charge is -2.10. The van der Waals surface area contributed by atoms with Gasteiger partial charge in [-0.05, 0) is 36.2 Å². The number of hydrogen-bond acceptors (Lipinski definition) is 3. The first-order chi connectivity index (χ1) is 10.2. The average Bonchev–Trinajstić information content (AvgIpc) is 2.53. The molecule has 0 heterocycles. The van der Waals surface area contributed by atoms with Gasteiger partial charge in [-0.2, -0.15) is 0 Å². The molecule has 0 atom stereocenters. The van der Waals surface area contributed by atoms with E-state index in [1.165, 1.54) is 5.56 Å². The molecule has 1 N–H and O–H groups in total. The maximum atomic E-state index is 6.01. The number of halogens is 1. The van der Waals surface area contributed by atoms with Crippen LogP contribution in [0.25, 0.3) is 0 Å². The minimum absolute atomic E-state index is 0.612. The van der Waals surface area contributed by atoms with Gasteiger partial charge in [-0.3, -0.25) is 0 Å². The summed E-state index contributed by atoms with van der Waals surface area (Å²) in [6.45, 7) is 3.58. The van der Waals surface area contributed by atoms with Crippen LogP contribution < -0.4 is 14.8 Å². The lowest BCUT2D eigenvalue weighted by atomic mass is 10.2. The zero-order chi connectivity index (χ0) is 15.1. The van der Waals surface area contributed by atoms with Crippen LogP contribution >= 0.6 is 11.6 Å². The Morgan fingerprint density at radius 2 is 1.86 bits per heavy atom. The fourth-order valence-electron chi connectivity index (χ4n) is 1.90. The van der Waals surface area contributed by atoms with Gasteiger partial charge in [0.25, 0.3) is 0 Å². The highest BCUT2D eigenvalue weighted by Gasteiger charge is 2.02. The third kappa shape index (κ3) is 4.57. The molecule has 0 aliphatic heterocycles. The van der Waals surface area contributed by atoms with E-state index in [1.807, 2.05) is 30.3 Å². The van der Waals surface area contributed by atoms with Crippen LogP contribution in [-0.4, -0.2) is 13.7 Å². The van der Waals surface area contributed by atoms with Crippen molar-refractivity contribution in [3.63, 3.8) is 0 Å². The van der Waals surface area contributed by atoms with Crippen LogP contribution in [-0.2, 0) is 6.54 Å². The van der Waals surface area contributed by atoms with Gasteiger partial charge in [0.1, 0.15) is 11.5 Å². The Bertz CT molecular complexity index is 570. The van der Waals surface area contributed by atoms with Crippen molar-refractivity contribution in [3.05, 3.63) is 53.1 Å². The summed E-state index contributed by atoms with van der Waals surface area (Å²) in [6, 6.07) is 13.8. The van der Waals surface area contributed by atoms with E-state index in [4.69, 9.17) is 21.1 Å². The van der Waals surface area contributed by atoms with E-state index in [1.54, 1.807) is 7.11 Å². The Morgan fingerprint density at radius 3 is 2.52 bits per heavy atom. The van der Waals surface area contributed by atoms with Crippen molar-refractivity contribution in [2.24, 2.45) is 0 Å². The molecule has 4 heteroatoms. The summed E-state index contributed by atoms with van der Waals surface area (Å²) in [6.07, 6.45) is 1.02. The molecule has 0 amide bonds. The Kier molecular flexibility index (Phi) is 5.76. The van der Waals surface area contributed by atoms with E-state index in [2.05, 4.69) is 24.4 Å². The largest absolute Gasteiger partial charge is 0.495 e. The second-order valence-corrected chi connectivity index (χ2v) is 5.10. The fourth-order valence-corrected chi connectivity index (χ4v) is 2.09. The first-order valence-corrected chi connectivity index (χ1v) is 7.40. The van der Waals surface area contributed by atoms with Gasteiger partial charge in [0.15, 0.2) is 0 Å². The monoisotopic (exact) mass is 305 g/mol. The van der Waals surface area contributed by atoms with Crippen molar-refractivity contribution in [3.8, 4) is 11.5 Å². The lowest BCUT2D eigenvalue weighted by Crippen LogP contribution is -2.00. The minimum Gasteiger partial charge on any atom is -0.495 e. The van der Waals surface area contributed by atoms with E-state index in [0.717, 1.165) is 31.0 Å². The number of benzene rings is 2. The predicted molar refractivity (Wildman–Crippen MR) is 87.6 cm³/mol. The Balaban J connectivity index is 1.93. The van der Waals surface area contributed by atoms with Gasteiger partial charge in [0, 0.05) is 18.3 Å². The summed E-state index contributed by atoms with van der Waals surface area (Å²) >= 11 is 6.01. The molecule has 0 radical (unpaired) electrons. The van der Waals surface area contributed by atoms with Gasteiger partial charge >= 0.3 is 0 Å². The first-order valence-electron chi connectivity index (χ1n) is 7.02. The molecule has 0 fully saturated rings. The SMILES string of the molecule is CCCOc1ccc(CNc2ccc(Cl)c(OC)c2)cc1. The van der Waals surface area contributed by atoms with Crippen LogP contribution in [0.4, 0.5) is 5.69 Å². The van der Waals surface area contributed by atoms with Crippen LogP contribution in [0.2, 0.25) is 5.02 Å². The summed E-state index contributed by atoms with van der Waals surface area (Å²) in [4.78, 5) is 0. The van der Waals surface area contributed by atoms with Gasteiger partial charge in [0.05, 0.1) is 18.7 Å². The van der Waals surface area contributed by atoms with Crippen LogP contribution in [0.3, 0.4) is 0 Å². The third-order valence-corrected chi connectivity index (χ3v) is 3.36. The van der Waals surface area contributed by atoms with Crippen molar-refractivity contribution in [1.82, 2.24) is 0 Å². The highest BCUT2D eigenvalue weighted by Crippen LogP contribution is 2.27. The maximum absolute atomic E-state index is 6.01. The number of hydrogen-bond donors (Lipinski definition) is 1. The summed E-state index contributed by atoms with van der Waals surface area (Å²) < 4.78 is 10.8. The molecule has 2 rings (SSSR count). The third-order valence-electron chi connectivity index (χ3n) is 3.04. The van der Waals surface area contributed by atoms with Crippen LogP contribution in [0.5, 0.6) is 11.5 Å². The molecule has 0 bridgehead atoms. The number of nitrogens with one attached hydrogen (secondary N) is 1. The number of methoxy groups -OCH3 is 1. The molecule has 2 aromatic rings. The van der Waals surface area contributed by atoms with E-state index in [0.29, 0.717) is 10.8 Å². The average molecular weight is 306 g/mol. The molecule has 0 unspecified atom stereocenters. The minimum atomic E-state index is 0.612. The fraction of sp³-hybridized carbons (Fsp3) is 0.294. The molecule has 0 saturated carbocycles. The zero-order valence-electron chi connectivity index (χ0n) is 12.4. The van der Waals surface area contributed by atoms with Crippen LogP contribution in [0.15, 0.2) is 42.5 Å². The molecule has 0 aromatic heterocycles. The van der Waals surface area contributed by atoms with Crippen molar-refractivity contribution in [2.75, 3.05) is 19.0 Å². The van der Waals surface area contributed by atoms with Gasteiger partial charge < -0.3 is 14.8 Å². The smallest absolute Gasteiger partial charge is 0.139 e. The summed E-state index contributed by atoms with van der Waals surface area (Å²) in [5.41, 5.74) is 2.16. The van der Waals surface area contributed by atoms with E-state index in [9.17, 15) is 0 Å². The van der Waals surface area contributed by atoms with Gasteiger partial charge in [-0.25, -0.2) is 0 Å². The van der Waals surface area contributed by atoms with Crippen LogP contribution in [0.1, 0.15) is 18.9 Å². The quantitative estimate of drug-likeness (QED) is 0.800. The van der Waals surface area contributed by atoms with Crippen molar-refractivity contribution in [2.45, 2.75) is 19.9 Å². The second-order valence-electron chi connectivity index (χ2n) is 4.70. The Labute approximate surface area is 130 Å². The molecular formula is C17H20ClNO2. The molecule has 0 aliphatic carbocycles. The molecule has 2 aromatic carbocycles. The molecule has 112 valence electrons. The van der Waals surface area contributed by atoms with E-state index in [-0.39, 0.29) is 0 Å². The Hall–Kier alpha value is -1.87. The van der Waals surface area contributed by atoms with E-state index >= 15 is 0 Å². The predicted octanol–water partition coefficient (Wildman–Crippen LogP) is 4.75. The lowest BCUT2D eigenvalue weighted by molar-refractivity contribution is 0.317. The molecule has 3 nitrogen and oxygen atoms in total. The van der Waals surface area contributed by atoms with Gasteiger partial charge in [0.2, 0.25) is 0 Å². The summed E-state index contributed by atoms with van der Waals surface area (Å²) in [5, 5.41) is 3.96. The number of anilines is 1. The van der Waals surface area contributed by atoms with Gasteiger partial charge in [-0.15, -0.1) is 0 Å². The number of rotatable bonds is 7. The maximum Gasteiger partial charge on any atom is 0.139 e. The zero-order valence-corrected chi connectivity index (χ0v) is 13.1. The molecule has 0 spiro atoms. The first kappa shape index (κ1) is 15.5. The molecular weight excluding hydrogens is 286 g/mol. The topological polar surface area (TPSA) is 30.5 Å². The molecule has 0 saturated heterocycles. The molecule has 0 aliphatic rings. The van der Waals surface area contributed by atoms with Crippen molar-refractivity contribution in [1.29, 1.82) is 0 Å². The Morgan fingerprint density at radius 1 is 1.10 bits per heavy atom. The standard InChI is InChI=1S/C17H20ClNO2/c1-3-10-21-15-7-4-13(5-8-15)12-19-14-6-9-16(18)17(11-14)20-2/h4-9,11,19H,3,10,12H2,1-2H3. The van der Waals surface area contributed by atoms with Crippen molar-refractivity contribution >= 4 is 17.3 Å². The van der Waals surface area contributed by atoms with Crippen molar-refractivity contribution < 1.29 is 9.47 Å². The number of ether oxygens (including phenoxy) is 2. The second kappa shape index (κ2) is 7.79. The van der Waals surface area contributed by atoms with Crippen LogP contribution in [0, 0.1) is 0 Å².